The quantitative estimate of drug-likeness (QED) is 0.917. The molecule has 1 N–H and O–H groups in total. The Morgan fingerprint density at radius 2 is 1.79 bits per heavy atom. The third-order valence-electron chi connectivity index (χ3n) is 4.68. The molecule has 24 heavy (non-hydrogen) atoms. The second-order valence-corrected chi connectivity index (χ2v) is 6.73. The minimum absolute atomic E-state index is 0.0104. The topological polar surface area (TPSA) is 49.4 Å². The monoisotopic (exact) mass is 338 g/mol. The number of benzene rings is 1. The summed E-state index contributed by atoms with van der Waals surface area (Å²) >= 11 is 0. The summed E-state index contributed by atoms with van der Waals surface area (Å²) in [4.78, 5) is 26.1. The van der Waals surface area contributed by atoms with Crippen molar-refractivity contribution in [1.29, 1.82) is 0 Å². The molecular weight excluding hydrogens is 314 g/mol. The third kappa shape index (κ3) is 4.30. The van der Waals surface area contributed by atoms with Crippen molar-refractivity contribution >= 4 is 11.8 Å². The maximum absolute atomic E-state index is 13.7. The van der Waals surface area contributed by atoms with Crippen molar-refractivity contribution in [2.45, 2.75) is 39.7 Å². The minimum Gasteiger partial charge on any atom is -0.353 e. The maximum Gasteiger partial charge on any atom is 0.256 e. The van der Waals surface area contributed by atoms with Gasteiger partial charge in [0, 0.05) is 31.1 Å². The van der Waals surface area contributed by atoms with E-state index in [0.29, 0.717) is 37.9 Å². The van der Waals surface area contributed by atoms with E-state index in [1.165, 1.54) is 4.90 Å². The molecule has 1 aliphatic heterocycles. The van der Waals surface area contributed by atoms with Gasteiger partial charge in [-0.25, -0.2) is 8.78 Å². The molecule has 1 saturated heterocycles. The summed E-state index contributed by atoms with van der Waals surface area (Å²) in [6.07, 6.45) is 1.09. The van der Waals surface area contributed by atoms with Crippen LogP contribution in [0.3, 0.4) is 0 Å². The molecule has 2 amide bonds. The van der Waals surface area contributed by atoms with Crippen LogP contribution in [0, 0.1) is 23.5 Å². The lowest BCUT2D eigenvalue weighted by molar-refractivity contribution is -0.127. The average molecular weight is 338 g/mol. The molecule has 1 atom stereocenters. The molecular formula is C18H24F2N2O2. The van der Waals surface area contributed by atoms with Gasteiger partial charge in [0.2, 0.25) is 5.91 Å². The number of carbonyl (C=O) groups is 2. The van der Waals surface area contributed by atoms with Gasteiger partial charge in [0.1, 0.15) is 11.6 Å². The third-order valence-corrected chi connectivity index (χ3v) is 4.68. The van der Waals surface area contributed by atoms with E-state index >= 15 is 0 Å². The van der Waals surface area contributed by atoms with Crippen LogP contribution in [-0.2, 0) is 4.79 Å². The summed E-state index contributed by atoms with van der Waals surface area (Å²) in [7, 11) is 0. The minimum atomic E-state index is -0.856. The van der Waals surface area contributed by atoms with E-state index in [4.69, 9.17) is 0 Å². The molecule has 0 aromatic heterocycles. The van der Waals surface area contributed by atoms with Crippen molar-refractivity contribution in [2.75, 3.05) is 13.1 Å². The molecule has 1 unspecified atom stereocenters. The summed E-state index contributed by atoms with van der Waals surface area (Å²) in [6.45, 7) is 6.85. The maximum atomic E-state index is 13.7. The molecule has 1 aromatic rings. The van der Waals surface area contributed by atoms with Crippen LogP contribution < -0.4 is 5.32 Å². The zero-order valence-corrected chi connectivity index (χ0v) is 14.3. The van der Waals surface area contributed by atoms with Crippen LogP contribution in [0.15, 0.2) is 18.2 Å². The van der Waals surface area contributed by atoms with Gasteiger partial charge >= 0.3 is 0 Å². The number of nitrogens with one attached hydrogen (secondary N) is 1. The van der Waals surface area contributed by atoms with E-state index < -0.39 is 17.5 Å². The molecule has 0 aliphatic carbocycles. The Bertz CT molecular complexity index is 611. The predicted octanol–water partition coefficient (Wildman–Crippen LogP) is 2.98. The molecule has 0 spiro atoms. The Labute approximate surface area is 141 Å². The second kappa shape index (κ2) is 7.73. The van der Waals surface area contributed by atoms with Crippen molar-refractivity contribution < 1.29 is 18.4 Å². The highest BCUT2D eigenvalue weighted by Crippen LogP contribution is 2.21. The van der Waals surface area contributed by atoms with Gasteiger partial charge in [-0.3, -0.25) is 9.59 Å². The second-order valence-electron chi connectivity index (χ2n) is 6.73. The van der Waals surface area contributed by atoms with Crippen LogP contribution in [0.25, 0.3) is 0 Å². The fourth-order valence-corrected chi connectivity index (χ4v) is 2.69. The van der Waals surface area contributed by atoms with Gasteiger partial charge in [-0.05, 0) is 37.8 Å². The van der Waals surface area contributed by atoms with Gasteiger partial charge in [-0.15, -0.1) is 0 Å². The molecule has 2 rings (SSSR count). The van der Waals surface area contributed by atoms with Gasteiger partial charge in [0.15, 0.2) is 0 Å². The summed E-state index contributed by atoms with van der Waals surface area (Å²) in [5.74, 6) is -1.78. The van der Waals surface area contributed by atoms with Crippen molar-refractivity contribution in [3.8, 4) is 0 Å². The van der Waals surface area contributed by atoms with Crippen LogP contribution in [-0.4, -0.2) is 35.8 Å². The number of nitrogens with zero attached hydrogens (tertiary/aromatic N) is 1. The Kier molecular flexibility index (Phi) is 5.91. The van der Waals surface area contributed by atoms with Crippen LogP contribution >= 0.6 is 0 Å². The summed E-state index contributed by atoms with van der Waals surface area (Å²) in [5.41, 5.74) is -0.132. The Morgan fingerprint density at radius 3 is 2.33 bits per heavy atom. The Balaban J connectivity index is 1.92. The van der Waals surface area contributed by atoms with Crippen LogP contribution in [0.2, 0.25) is 0 Å². The lowest BCUT2D eigenvalue weighted by Crippen LogP contribution is -2.45. The Hall–Kier alpha value is -1.98. The fraction of sp³-hybridized carbons (Fsp3) is 0.556. The molecule has 0 bridgehead atoms. The number of carbonyl (C=O) groups excluding carboxylic acids is 2. The number of hydrogen-bond donors (Lipinski definition) is 1. The molecule has 6 heteroatoms. The van der Waals surface area contributed by atoms with Crippen molar-refractivity contribution in [3.05, 3.63) is 35.4 Å². The first-order valence-corrected chi connectivity index (χ1v) is 8.34. The van der Waals surface area contributed by atoms with E-state index in [-0.39, 0.29) is 23.4 Å². The van der Waals surface area contributed by atoms with Crippen LogP contribution in [0.5, 0.6) is 0 Å². The van der Waals surface area contributed by atoms with E-state index in [2.05, 4.69) is 5.32 Å². The number of rotatable bonds is 4. The first kappa shape index (κ1) is 18.4. The van der Waals surface area contributed by atoms with Crippen LogP contribution in [0.1, 0.15) is 44.0 Å². The molecule has 1 fully saturated rings. The van der Waals surface area contributed by atoms with E-state index in [0.717, 1.165) is 12.1 Å². The van der Waals surface area contributed by atoms with Gasteiger partial charge in [-0.1, -0.05) is 13.8 Å². The Morgan fingerprint density at radius 1 is 1.17 bits per heavy atom. The van der Waals surface area contributed by atoms with E-state index in [9.17, 15) is 18.4 Å². The van der Waals surface area contributed by atoms with E-state index in [1.807, 2.05) is 20.8 Å². The highest BCUT2D eigenvalue weighted by atomic mass is 19.1. The summed E-state index contributed by atoms with van der Waals surface area (Å²) < 4.78 is 26.7. The summed E-state index contributed by atoms with van der Waals surface area (Å²) in [5, 5.41) is 3.00. The zero-order chi connectivity index (χ0) is 17.9. The smallest absolute Gasteiger partial charge is 0.256 e. The largest absolute Gasteiger partial charge is 0.353 e. The molecule has 1 heterocycles. The molecule has 4 nitrogen and oxygen atoms in total. The van der Waals surface area contributed by atoms with Gasteiger partial charge in [0.25, 0.3) is 5.91 Å². The summed E-state index contributed by atoms with van der Waals surface area (Å²) in [6, 6.07) is 3.05. The number of amides is 2. The normalized spacial score (nSPS) is 17.0. The van der Waals surface area contributed by atoms with Gasteiger partial charge in [-0.2, -0.15) is 0 Å². The molecule has 0 saturated carbocycles. The van der Waals surface area contributed by atoms with Crippen molar-refractivity contribution in [2.24, 2.45) is 11.8 Å². The van der Waals surface area contributed by atoms with Gasteiger partial charge in [0.05, 0.1) is 5.56 Å². The SMILES string of the molecule is CC(C)C(C)NC(=O)C1CCN(C(=O)c2ccc(F)cc2F)CC1. The van der Waals surface area contributed by atoms with Crippen molar-refractivity contribution in [3.63, 3.8) is 0 Å². The fourth-order valence-electron chi connectivity index (χ4n) is 2.69. The zero-order valence-electron chi connectivity index (χ0n) is 14.3. The number of hydrogen-bond acceptors (Lipinski definition) is 2. The van der Waals surface area contributed by atoms with Crippen molar-refractivity contribution in [1.82, 2.24) is 10.2 Å². The molecule has 132 valence electrons. The molecule has 1 aliphatic rings. The number of piperidine rings is 1. The predicted molar refractivity (Wildman–Crippen MR) is 87.4 cm³/mol. The highest BCUT2D eigenvalue weighted by molar-refractivity contribution is 5.94. The number of likely N-dealkylation sites (tertiary alicyclic amines) is 1. The first-order chi connectivity index (χ1) is 11.3. The molecule has 1 aromatic carbocycles. The average Bonchev–Trinajstić information content (AvgIpc) is 2.54. The standard InChI is InChI=1S/C18H24F2N2O2/c1-11(2)12(3)21-17(23)13-6-8-22(9-7-13)18(24)15-5-4-14(19)10-16(15)20/h4-5,10-13H,6-9H2,1-3H3,(H,21,23). The highest BCUT2D eigenvalue weighted by Gasteiger charge is 2.29. The number of halogens is 2. The lowest BCUT2D eigenvalue weighted by atomic mass is 9.94. The first-order valence-electron chi connectivity index (χ1n) is 8.34. The lowest BCUT2D eigenvalue weighted by Gasteiger charge is -2.32. The van der Waals surface area contributed by atoms with Crippen LogP contribution in [0.4, 0.5) is 8.78 Å². The van der Waals surface area contributed by atoms with E-state index in [1.54, 1.807) is 0 Å². The molecule has 0 radical (unpaired) electrons. The van der Waals surface area contributed by atoms with Gasteiger partial charge < -0.3 is 10.2 Å².